The Kier molecular flexibility index (Phi) is 4.43. The molecule has 0 bridgehead atoms. The van der Waals surface area contributed by atoms with Gasteiger partial charge < -0.3 is 4.74 Å². The van der Waals surface area contributed by atoms with Crippen LogP contribution < -0.4 is 4.74 Å². The summed E-state index contributed by atoms with van der Waals surface area (Å²) >= 11 is 1.86. The summed E-state index contributed by atoms with van der Waals surface area (Å²) in [5.41, 5.74) is 7.18. The van der Waals surface area contributed by atoms with E-state index in [4.69, 9.17) is 4.74 Å². The number of ether oxygens (including phenoxy) is 1. The van der Waals surface area contributed by atoms with Crippen molar-refractivity contribution in [2.75, 3.05) is 0 Å². The maximum atomic E-state index is 6.41. The summed E-state index contributed by atoms with van der Waals surface area (Å²) < 4.78 is 9.08. The molecule has 0 amide bonds. The molecule has 0 atom stereocenters. The number of fused-ring (bicyclic) bond motifs is 5. The van der Waals surface area contributed by atoms with Crippen molar-refractivity contribution in [3.8, 4) is 33.8 Å². The Morgan fingerprint density at radius 1 is 0.514 bits per heavy atom. The molecule has 1 aromatic heterocycles. The van der Waals surface area contributed by atoms with Crippen LogP contribution in [-0.2, 0) is 5.41 Å². The molecule has 0 spiro atoms. The van der Waals surface area contributed by atoms with Crippen LogP contribution in [0.2, 0.25) is 0 Å². The summed E-state index contributed by atoms with van der Waals surface area (Å²) in [5, 5.41) is 2.66. The maximum absolute atomic E-state index is 6.41. The SMILES string of the molecule is CC1(C)c2cc(-c3ccccc3)ccc2Oc2ccc(-c3ccc4sc5ccccc5c4c3)cc21. The van der Waals surface area contributed by atoms with E-state index in [2.05, 4.69) is 123 Å². The van der Waals surface area contributed by atoms with Gasteiger partial charge in [-0.15, -0.1) is 11.3 Å². The first-order chi connectivity index (χ1) is 17.1. The average Bonchev–Trinajstić information content (AvgIpc) is 3.27. The summed E-state index contributed by atoms with van der Waals surface area (Å²) in [4.78, 5) is 0. The largest absolute Gasteiger partial charge is 0.457 e. The van der Waals surface area contributed by atoms with Gasteiger partial charge >= 0.3 is 0 Å². The molecule has 1 aliphatic heterocycles. The Morgan fingerprint density at radius 3 is 1.83 bits per heavy atom. The molecular weight excluding hydrogens is 444 g/mol. The molecule has 0 fully saturated rings. The molecule has 0 saturated heterocycles. The first-order valence-electron chi connectivity index (χ1n) is 12.0. The highest BCUT2D eigenvalue weighted by molar-refractivity contribution is 7.25. The third kappa shape index (κ3) is 3.21. The van der Waals surface area contributed by atoms with Gasteiger partial charge in [0.25, 0.3) is 0 Å². The molecule has 168 valence electrons. The zero-order chi connectivity index (χ0) is 23.6. The number of thiophene rings is 1. The lowest BCUT2D eigenvalue weighted by molar-refractivity contribution is 0.418. The Morgan fingerprint density at radius 2 is 1.09 bits per heavy atom. The van der Waals surface area contributed by atoms with Crippen molar-refractivity contribution in [3.63, 3.8) is 0 Å². The molecule has 2 heterocycles. The minimum Gasteiger partial charge on any atom is -0.457 e. The molecule has 0 N–H and O–H groups in total. The van der Waals surface area contributed by atoms with E-state index in [1.54, 1.807) is 0 Å². The predicted molar refractivity (Wildman–Crippen MR) is 149 cm³/mol. The van der Waals surface area contributed by atoms with E-state index in [0.29, 0.717) is 0 Å². The van der Waals surface area contributed by atoms with Crippen LogP contribution in [0.15, 0.2) is 109 Å². The van der Waals surface area contributed by atoms with Crippen LogP contribution in [0.25, 0.3) is 42.4 Å². The van der Waals surface area contributed by atoms with Crippen molar-refractivity contribution in [2.24, 2.45) is 0 Å². The molecule has 7 rings (SSSR count). The Balaban J connectivity index is 1.34. The van der Waals surface area contributed by atoms with E-state index in [1.807, 2.05) is 11.3 Å². The fourth-order valence-corrected chi connectivity index (χ4v) is 6.46. The van der Waals surface area contributed by atoms with E-state index >= 15 is 0 Å². The Labute approximate surface area is 209 Å². The lowest BCUT2D eigenvalue weighted by Crippen LogP contribution is -2.24. The molecule has 0 aliphatic carbocycles. The molecule has 0 radical (unpaired) electrons. The monoisotopic (exact) mass is 468 g/mol. The van der Waals surface area contributed by atoms with E-state index in [9.17, 15) is 0 Å². The summed E-state index contributed by atoms with van der Waals surface area (Å²) in [6, 6.07) is 39.3. The van der Waals surface area contributed by atoms with Gasteiger partial charge in [-0.1, -0.05) is 80.6 Å². The molecule has 1 aliphatic rings. The minimum absolute atomic E-state index is 0.178. The second-order valence-electron chi connectivity index (χ2n) is 9.82. The van der Waals surface area contributed by atoms with E-state index in [-0.39, 0.29) is 5.41 Å². The normalized spacial score (nSPS) is 13.9. The predicted octanol–water partition coefficient (Wildman–Crippen LogP) is 9.82. The van der Waals surface area contributed by atoms with Crippen LogP contribution in [0.3, 0.4) is 0 Å². The van der Waals surface area contributed by atoms with Crippen molar-refractivity contribution in [1.82, 2.24) is 0 Å². The van der Waals surface area contributed by atoms with Crippen LogP contribution in [0.1, 0.15) is 25.0 Å². The van der Waals surface area contributed by atoms with E-state index in [1.165, 1.54) is 53.6 Å². The zero-order valence-electron chi connectivity index (χ0n) is 19.7. The number of rotatable bonds is 2. The molecule has 0 saturated carbocycles. The third-order valence-electron chi connectivity index (χ3n) is 7.34. The molecule has 0 unspecified atom stereocenters. The number of benzene rings is 5. The molecular formula is C33H24OS. The highest BCUT2D eigenvalue weighted by atomic mass is 32.1. The van der Waals surface area contributed by atoms with Gasteiger partial charge in [0.2, 0.25) is 0 Å². The van der Waals surface area contributed by atoms with Crippen LogP contribution in [0.4, 0.5) is 0 Å². The zero-order valence-corrected chi connectivity index (χ0v) is 20.5. The standard InChI is InChI=1S/C33H24OS/c1-33(2)27-19-23(21-8-4-3-5-9-21)12-15-29(27)34-30-16-13-24(20-28(30)33)22-14-17-32-26(18-22)25-10-6-7-11-31(25)35-32/h3-20H,1-2H3. The van der Waals surface area contributed by atoms with Gasteiger partial charge in [0.15, 0.2) is 0 Å². The van der Waals surface area contributed by atoms with Gasteiger partial charge in [0.1, 0.15) is 11.5 Å². The van der Waals surface area contributed by atoms with Gasteiger partial charge in [0.05, 0.1) is 0 Å². The van der Waals surface area contributed by atoms with Crippen LogP contribution in [-0.4, -0.2) is 0 Å². The van der Waals surface area contributed by atoms with Gasteiger partial charge in [-0.05, 0) is 64.7 Å². The lowest BCUT2D eigenvalue weighted by atomic mass is 9.74. The second kappa shape index (κ2) is 7.56. The molecule has 1 nitrogen and oxygen atoms in total. The molecule has 6 aromatic rings. The molecule has 35 heavy (non-hydrogen) atoms. The first kappa shape index (κ1) is 20.5. The van der Waals surface area contributed by atoms with E-state index < -0.39 is 0 Å². The van der Waals surface area contributed by atoms with Gasteiger partial charge in [0, 0.05) is 36.7 Å². The average molecular weight is 469 g/mol. The van der Waals surface area contributed by atoms with Crippen LogP contribution in [0.5, 0.6) is 11.5 Å². The van der Waals surface area contributed by atoms with Crippen molar-refractivity contribution in [2.45, 2.75) is 19.3 Å². The fraction of sp³-hybridized carbons (Fsp3) is 0.0909. The smallest absolute Gasteiger partial charge is 0.131 e. The maximum Gasteiger partial charge on any atom is 0.131 e. The van der Waals surface area contributed by atoms with Crippen molar-refractivity contribution < 1.29 is 4.74 Å². The summed E-state index contributed by atoms with van der Waals surface area (Å²) in [7, 11) is 0. The quantitative estimate of drug-likeness (QED) is 0.246. The Bertz CT molecular complexity index is 1740. The fourth-order valence-electron chi connectivity index (χ4n) is 5.37. The molecule has 5 aromatic carbocycles. The summed E-state index contributed by atoms with van der Waals surface area (Å²) in [6.07, 6.45) is 0. The summed E-state index contributed by atoms with van der Waals surface area (Å²) in [5.74, 6) is 1.89. The number of hydrogen-bond acceptors (Lipinski definition) is 2. The Hall–Kier alpha value is -3.88. The highest BCUT2D eigenvalue weighted by Gasteiger charge is 2.34. The van der Waals surface area contributed by atoms with Crippen LogP contribution >= 0.6 is 11.3 Å². The van der Waals surface area contributed by atoms with Gasteiger partial charge in [-0.25, -0.2) is 0 Å². The van der Waals surface area contributed by atoms with E-state index in [0.717, 1.165) is 11.5 Å². The van der Waals surface area contributed by atoms with Gasteiger partial charge in [-0.2, -0.15) is 0 Å². The number of hydrogen-bond donors (Lipinski definition) is 0. The van der Waals surface area contributed by atoms with Crippen molar-refractivity contribution >= 4 is 31.5 Å². The topological polar surface area (TPSA) is 9.23 Å². The van der Waals surface area contributed by atoms with Gasteiger partial charge in [-0.3, -0.25) is 0 Å². The van der Waals surface area contributed by atoms with Crippen LogP contribution in [0, 0.1) is 0 Å². The van der Waals surface area contributed by atoms with Crippen molar-refractivity contribution in [3.05, 3.63) is 120 Å². The minimum atomic E-state index is -0.178. The highest BCUT2D eigenvalue weighted by Crippen LogP contribution is 2.50. The van der Waals surface area contributed by atoms with Crippen molar-refractivity contribution in [1.29, 1.82) is 0 Å². The third-order valence-corrected chi connectivity index (χ3v) is 8.49. The summed E-state index contributed by atoms with van der Waals surface area (Å²) in [6.45, 7) is 4.61. The molecule has 2 heteroatoms. The first-order valence-corrected chi connectivity index (χ1v) is 12.8. The second-order valence-corrected chi connectivity index (χ2v) is 10.9. The lowest BCUT2D eigenvalue weighted by Gasteiger charge is -2.35.